The van der Waals surface area contributed by atoms with Crippen molar-refractivity contribution in [1.82, 2.24) is 0 Å². The van der Waals surface area contributed by atoms with Crippen LogP contribution >= 0.6 is 0 Å². The molecule has 0 spiro atoms. The monoisotopic (exact) mass is 185 g/mol. The van der Waals surface area contributed by atoms with Crippen LogP contribution in [0, 0.1) is 11.8 Å². The summed E-state index contributed by atoms with van der Waals surface area (Å²) in [4.78, 5) is 11.2. The smallest absolute Gasteiger partial charge is 0.322 e. The van der Waals surface area contributed by atoms with E-state index in [2.05, 4.69) is 6.92 Å². The summed E-state index contributed by atoms with van der Waals surface area (Å²) in [5.74, 6) is 1.23. The molecule has 0 saturated heterocycles. The van der Waals surface area contributed by atoms with Crippen LogP contribution in [-0.2, 0) is 9.53 Å². The van der Waals surface area contributed by atoms with Gasteiger partial charge >= 0.3 is 5.97 Å². The van der Waals surface area contributed by atoms with Gasteiger partial charge in [-0.25, -0.2) is 0 Å². The van der Waals surface area contributed by atoms with Crippen LogP contribution in [0.2, 0.25) is 0 Å². The molecule has 1 aliphatic rings. The first kappa shape index (κ1) is 10.5. The molecule has 0 aromatic rings. The number of nitrogens with two attached hydrogens (primary N) is 1. The second kappa shape index (κ2) is 4.61. The lowest BCUT2D eigenvalue weighted by Crippen LogP contribution is -2.32. The second-order valence-electron chi connectivity index (χ2n) is 3.76. The van der Waals surface area contributed by atoms with E-state index in [1.165, 1.54) is 12.8 Å². The van der Waals surface area contributed by atoms with Crippen LogP contribution in [0.5, 0.6) is 0 Å². The summed E-state index contributed by atoms with van der Waals surface area (Å²) in [7, 11) is 0. The fraction of sp³-hybridized carbons (Fsp3) is 0.900. The topological polar surface area (TPSA) is 52.3 Å². The summed E-state index contributed by atoms with van der Waals surface area (Å²) < 4.78 is 4.84. The summed E-state index contributed by atoms with van der Waals surface area (Å²) in [6.45, 7) is 4.41. The summed E-state index contributed by atoms with van der Waals surface area (Å²) in [5, 5.41) is 0. The number of esters is 1. The minimum Gasteiger partial charge on any atom is -0.465 e. The molecule has 0 heterocycles. The van der Waals surface area contributed by atoms with Crippen LogP contribution in [-0.4, -0.2) is 18.6 Å². The zero-order chi connectivity index (χ0) is 9.84. The number of carbonyl (C=O) groups excluding carboxylic acids is 1. The Morgan fingerprint density at radius 3 is 2.69 bits per heavy atom. The Balaban J connectivity index is 2.18. The quantitative estimate of drug-likeness (QED) is 0.657. The van der Waals surface area contributed by atoms with E-state index in [4.69, 9.17) is 10.5 Å². The van der Waals surface area contributed by atoms with Crippen molar-refractivity contribution in [3.05, 3.63) is 0 Å². The van der Waals surface area contributed by atoms with E-state index in [9.17, 15) is 4.79 Å². The van der Waals surface area contributed by atoms with Gasteiger partial charge in [0.15, 0.2) is 0 Å². The van der Waals surface area contributed by atoms with Gasteiger partial charge in [-0.2, -0.15) is 0 Å². The van der Waals surface area contributed by atoms with Crippen LogP contribution in [0.3, 0.4) is 0 Å². The molecule has 0 aromatic carbocycles. The van der Waals surface area contributed by atoms with E-state index in [1.807, 2.05) is 0 Å². The molecule has 1 saturated carbocycles. The fourth-order valence-corrected chi connectivity index (χ4v) is 1.77. The number of ether oxygens (including phenoxy) is 1. The summed E-state index contributed by atoms with van der Waals surface area (Å²) in [5.41, 5.74) is 5.69. The molecular weight excluding hydrogens is 166 g/mol. The molecule has 3 atom stereocenters. The molecule has 3 heteroatoms. The molecule has 1 unspecified atom stereocenters. The molecular formula is C10H19NO2. The van der Waals surface area contributed by atoms with Crippen LogP contribution in [0.1, 0.15) is 33.1 Å². The van der Waals surface area contributed by atoms with Gasteiger partial charge in [-0.15, -0.1) is 0 Å². The van der Waals surface area contributed by atoms with Gasteiger partial charge in [-0.3, -0.25) is 4.79 Å². The highest BCUT2D eigenvalue weighted by Gasteiger charge is 2.37. The lowest BCUT2D eigenvalue weighted by atomic mass is 10.1. The molecule has 0 radical (unpaired) electrons. The average molecular weight is 185 g/mol. The zero-order valence-corrected chi connectivity index (χ0v) is 8.45. The van der Waals surface area contributed by atoms with Crippen LogP contribution < -0.4 is 5.73 Å². The minimum absolute atomic E-state index is 0.246. The predicted octanol–water partition coefficient (Wildman–Crippen LogP) is 1.31. The molecule has 0 aromatic heterocycles. The van der Waals surface area contributed by atoms with Crippen molar-refractivity contribution in [2.45, 2.75) is 39.2 Å². The maximum Gasteiger partial charge on any atom is 0.322 e. The van der Waals surface area contributed by atoms with Gasteiger partial charge in [-0.05, 0) is 31.6 Å². The lowest BCUT2D eigenvalue weighted by molar-refractivity contribution is -0.144. The summed E-state index contributed by atoms with van der Waals surface area (Å²) in [6.07, 6.45) is 3.25. The molecule has 2 N–H and O–H groups in total. The number of rotatable bonds is 5. The molecule has 76 valence electrons. The Hall–Kier alpha value is -0.570. The Bertz CT molecular complexity index is 182. The predicted molar refractivity (Wildman–Crippen MR) is 51.1 cm³/mol. The largest absolute Gasteiger partial charge is 0.465 e. The molecule has 0 bridgehead atoms. The Morgan fingerprint density at radius 2 is 2.23 bits per heavy atom. The molecule has 1 rings (SSSR count). The van der Waals surface area contributed by atoms with E-state index in [0.717, 1.165) is 12.3 Å². The maximum atomic E-state index is 11.2. The number of hydrogen-bond donors (Lipinski definition) is 1. The van der Waals surface area contributed by atoms with Gasteiger partial charge in [-0.1, -0.05) is 13.3 Å². The van der Waals surface area contributed by atoms with Crippen molar-refractivity contribution < 1.29 is 9.53 Å². The first-order valence-electron chi connectivity index (χ1n) is 5.11. The second-order valence-corrected chi connectivity index (χ2v) is 3.76. The van der Waals surface area contributed by atoms with E-state index in [1.54, 1.807) is 6.92 Å². The number of hydrogen-bond acceptors (Lipinski definition) is 3. The molecule has 0 amide bonds. The maximum absolute atomic E-state index is 11.2. The summed E-state index contributed by atoms with van der Waals surface area (Å²) >= 11 is 0. The summed E-state index contributed by atoms with van der Waals surface area (Å²) in [6, 6.07) is -0.401. The van der Waals surface area contributed by atoms with E-state index < -0.39 is 6.04 Å². The Labute approximate surface area is 79.6 Å². The first-order chi connectivity index (χ1) is 6.19. The highest BCUT2D eigenvalue weighted by molar-refractivity contribution is 5.75. The van der Waals surface area contributed by atoms with E-state index >= 15 is 0 Å². The third kappa shape index (κ3) is 2.99. The average Bonchev–Trinajstić information content (AvgIpc) is 2.83. The van der Waals surface area contributed by atoms with Crippen LogP contribution in [0.25, 0.3) is 0 Å². The molecule has 3 nitrogen and oxygen atoms in total. The third-order valence-electron chi connectivity index (χ3n) is 2.74. The van der Waals surface area contributed by atoms with E-state index in [-0.39, 0.29) is 5.97 Å². The molecule has 0 aliphatic heterocycles. The van der Waals surface area contributed by atoms with Crippen molar-refractivity contribution in [3.8, 4) is 0 Å². The fourth-order valence-electron chi connectivity index (χ4n) is 1.77. The van der Waals surface area contributed by atoms with Gasteiger partial charge < -0.3 is 10.5 Å². The van der Waals surface area contributed by atoms with Crippen molar-refractivity contribution >= 4 is 5.97 Å². The number of carbonyl (C=O) groups is 1. The normalized spacial score (nSPS) is 28.2. The van der Waals surface area contributed by atoms with Crippen molar-refractivity contribution in [1.29, 1.82) is 0 Å². The zero-order valence-electron chi connectivity index (χ0n) is 8.45. The van der Waals surface area contributed by atoms with Gasteiger partial charge in [0.05, 0.1) is 6.61 Å². The van der Waals surface area contributed by atoms with Gasteiger partial charge in [0, 0.05) is 0 Å². The van der Waals surface area contributed by atoms with Gasteiger partial charge in [0.25, 0.3) is 0 Å². The lowest BCUT2D eigenvalue weighted by Gasteiger charge is -2.09. The van der Waals surface area contributed by atoms with Crippen molar-refractivity contribution in [2.75, 3.05) is 6.61 Å². The third-order valence-corrected chi connectivity index (χ3v) is 2.74. The van der Waals surface area contributed by atoms with Crippen molar-refractivity contribution in [3.63, 3.8) is 0 Å². The van der Waals surface area contributed by atoms with Crippen molar-refractivity contribution in [2.24, 2.45) is 17.6 Å². The Kier molecular flexibility index (Phi) is 3.72. The molecule has 1 aliphatic carbocycles. The van der Waals surface area contributed by atoms with Crippen LogP contribution in [0.4, 0.5) is 0 Å². The van der Waals surface area contributed by atoms with Crippen LogP contribution in [0.15, 0.2) is 0 Å². The van der Waals surface area contributed by atoms with Gasteiger partial charge in [0.2, 0.25) is 0 Å². The van der Waals surface area contributed by atoms with Gasteiger partial charge in [0.1, 0.15) is 6.04 Å². The first-order valence-corrected chi connectivity index (χ1v) is 5.11. The molecule has 1 fully saturated rings. The highest BCUT2D eigenvalue weighted by Crippen LogP contribution is 2.43. The highest BCUT2D eigenvalue weighted by atomic mass is 16.5. The standard InChI is InChI=1S/C10H19NO2/c1-3-7-5-8(7)6-9(11)10(12)13-4-2/h7-9H,3-6,11H2,1-2H3/t7-,8+,9?/m1/s1. The Morgan fingerprint density at radius 1 is 1.54 bits per heavy atom. The molecule has 13 heavy (non-hydrogen) atoms. The SMILES string of the molecule is CCOC(=O)C(N)C[C@@H]1C[C@H]1CC. The van der Waals surface area contributed by atoms with E-state index in [0.29, 0.717) is 12.5 Å². The minimum atomic E-state index is -0.401.